The number of rotatable bonds is 9. The molecular formula is C29H37F3N4O6. The molecule has 1 aliphatic carbocycles. The lowest BCUT2D eigenvalue weighted by molar-refractivity contribution is -0.142. The molecule has 0 radical (unpaired) electrons. The number of amides is 2. The summed E-state index contributed by atoms with van der Waals surface area (Å²) in [5.41, 5.74) is -0.439. The maximum atomic E-state index is 13.7. The first kappa shape index (κ1) is 31.2. The third kappa shape index (κ3) is 7.95. The van der Waals surface area contributed by atoms with Crippen LogP contribution in [0, 0.1) is 0 Å². The summed E-state index contributed by atoms with van der Waals surface area (Å²) in [6.07, 6.45) is 0.790. The SMILES string of the molecule is CC(C)(C)OC(=O)N(CCC(=O)O)CC(=O)N1CCc2cc(OCc3cn(C4CCCCC4)nc3C(F)(F)F)ccc21. The van der Waals surface area contributed by atoms with Crippen molar-refractivity contribution in [1.82, 2.24) is 14.7 Å². The lowest BCUT2D eigenvalue weighted by atomic mass is 9.96. The zero-order valence-electron chi connectivity index (χ0n) is 24.1. The molecule has 4 rings (SSSR count). The van der Waals surface area contributed by atoms with Crippen molar-refractivity contribution >= 4 is 23.7 Å². The van der Waals surface area contributed by atoms with Crippen LogP contribution in [0.2, 0.25) is 0 Å². The van der Waals surface area contributed by atoms with E-state index in [1.54, 1.807) is 39.0 Å². The molecule has 13 heteroatoms. The van der Waals surface area contributed by atoms with Crippen LogP contribution in [-0.2, 0) is 33.5 Å². The van der Waals surface area contributed by atoms with E-state index in [1.807, 2.05) is 0 Å². The Balaban J connectivity index is 1.43. The van der Waals surface area contributed by atoms with Crippen molar-refractivity contribution in [3.8, 4) is 5.75 Å². The van der Waals surface area contributed by atoms with Crippen molar-refractivity contribution in [3.63, 3.8) is 0 Å². The fourth-order valence-corrected chi connectivity index (χ4v) is 5.24. The van der Waals surface area contributed by atoms with Crippen LogP contribution in [0.3, 0.4) is 0 Å². The van der Waals surface area contributed by atoms with E-state index in [-0.39, 0.29) is 37.7 Å². The maximum absolute atomic E-state index is 13.7. The zero-order chi connectivity index (χ0) is 30.7. The van der Waals surface area contributed by atoms with Gasteiger partial charge >= 0.3 is 18.2 Å². The van der Waals surface area contributed by atoms with E-state index in [0.717, 1.165) is 42.6 Å². The molecule has 1 fully saturated rings. The van der Waals surface area contributed by atoms with Gasteiger partial charge in [-0.15, -0.1) is 0 Å². The topological polar surface area (TPSA) is 114 Å². The second-order valence-electron chi connectivity index (χ2n) is 11.7. The monoisotopic (exact) mass is 594 g/mol. The van der Waals surface area contributed by atoms with Gasteiger partial charge in [-0.25, -0.2) is 4.79 Å². The van der Waals surface area contributed by atoms with Crippen molar-refractivity contribution in [2.45, 2.75) is 90.1 Å². The number of carboxylic acid groups (broad SMARTS) is 1. The Bertz CT molecular complexity index is 1300. The van der Waals surface area contributed by atoms with E-state index in [2.05, 4.69) is 5.10 Å². The van der Waals surface area contributed by atoms with Gasteiger partial charge in [-0.2, -0.15) is 18.3 Å². The molecule has 0 bridgehead atoms. The standard InChI is InChI=1S/C29H37F3N4O6/c1-28(2,3)42-27(40)34(13-12-25(38)39)17-24(37)35-14-11-19-15-22(9-10-23(19)35)41-18-20-16-36(21-7-5-4-6-8-21)33-26(20)29(30,31)32/h9-10,15-16,21H,4-8,11-14,17-18H2,1-3H3,(H,38,39). The molecule has 230 valence electrons. The number of aliphatic carboxylic acids is 1. The first-order valence-corrected chi connectivity index (χ1v) is 14.1. The third-order valence-electron chi connectivity index (χ3n) is 7.24. The Labute approximate surface area is 242 Å². The number of benzene rings is 1. The Hall–Kier alpha value is -3.77. The van der Waals surface area contributed by atoms with Gasteiger partial charge in [-0.3, -0.25) is 19.2 Å². The van der Waals surface area contributed by atoms with Gasteiger partial charge in [0.15, 0.2) is 5.69 Å². The number of halogens is 3. The minimum absolute atomic E-state index is 0.0334. The largest absolute Gasteiger partial charge is 0.489 e. The second-order valence-corrected chi connectivity index (χ2v) is 11.7. The van der Waals surface area contributed by atoms with Gasteiger partial charge < -0.3 is 19.5 Å². The molecule has 2 amide bonds. The number of fused-ring (bicyclic) bond motifs is 1. The van der Waals surface area contributed by atoms with Crippen LogP contribution < -0.4 is 9.64 Å². The quantitative estimate of drug-likeness (QED) is 0.403. The molecular weight excluding hydrogens is 557 g/mol. The lowest BCUT2D eigenvalue weighted by Gasteiger charge is -2.28. The summed E-state index contributed by atoms with van der Waals surface area (Å²) < 4.78 is 53.7. The number of aromatic nitrogens is 2. The van der Waals surface area contributed by atoms with Crippen LogP contribution in [0.25, 0.3) is 0 Å². The number of carbonyl (C=O) groups is 3. The zero-order valence-corrected chi connectivity index (χ0v) is 24.1. The average Bonchev–Trinajstić information content (AvgIpc) is 3.53. The van der Waals surface area contributed by atoms with E-state index < -0.39 is 35.4 Å². The van der Waals surface area contributed by atoms with Crippen LogP contribution in [-0.4, -0.2) is 63.0 Å². The van der Waals surface area contributed by atoms with Crippen molar-refractivity contribution in [2.75, 3.05) is 24.5 Å². The summed E-state index contributed by atoms with van der Waals surface area (Å²) in [4.78, 5) is 39.5. The van der Waals surface area contributed by atoms with Gasteiger partial charge in [-0.05, 0) is 63.8 Å². The molecule has 1 aromatic carbocycles. The third-order valence-corrected chi connectivity index (χ3v) is 7.24. The first-order valence-electron chi connectivity index (χ1n) is 14.1. The molecule has 1 aliphatic heterocycles. The number of hydrogen-bond donors (Lipinski definition) is 1. The molecule has 2 heterocycles. The Morgan fingerprint density at radius 2 is 1.83 bits per heavy atom. The number of carboxylic acids is 1. The normalized spacial score (nSPS) is 15.8. The molecule has 0 atom stereocenters. The molecule has 10 nitrogen and oxygen atoms in total. The maximum Gasteiger partial charge on any atom is 0.435 e. The van der Waals surface area contributed by atoms with Crippen molar-refractivity contribution in [2.24, 2.45) is 0 Å². The molecule has 2 aromatic rings. The van der Waals surface area contributed by atoms with Crippen LogP contribution in [0.4, 0.5) is 23.7 Å². The summed E-state index contributed by atoms with van der Waals surface area (Å²) in [7, 11) is 0. The number of nitrogens with zero attached hydrogens (tertiary/aromatic N) is 4. The molecule has 0 spiro atoms. The summed E-state index contributed by atoms with van der Waals surface area (Å²) in [5.74, 6) is -1.17. The van der Waals surface area contributed by atoms with Gasteiger partial charge in [0.2, 0.25) is 5.91 Å². The van der Waals surface area contributed by atoms with Crippen molar-refractivity contribution in [3.05, 3.63) is 41.2 Å². The average molecular weight is 595 g/mol. The highest BCUT2D eigenvalue weighted by Gasteiger charge is 2.38. The molecule has 1 N–H and O–H groups in total. The Morgan fingerprint density at radius 3 is 2.48 bits per heavy atom. The van der Waals surface area contributed by atoms with Gasteiger partial charge in [0, 0.05) is 30.5 Å². The second kappa shape index (κ2) is 12.6. The predicted molar refractivity (Wildman–Crippen MR) is 146 cm³/mol. The Kier molecular flexibility index (Phi) is 9.37. The minimum atomic E-state index is -4.60. The highest BCUT2D eigenvalue weighted by atomic mass is 19.4. The van der Waals surface area contributed by atoms with Gasteiger partial charge in [0.25, 0.3) is 0 Å². The number of anilines is 1. The summed E-state index contributed by atoms with van der Waals surface area (Å²) in [5, 5.41) is 12.9. The van der Waals surface area contributed by atoms with E-state index >= 15 is 0 Å². The summed E-state index contributed by atoms with van der Waals surface area (Å²) in [6, 6.07) is 4.88. The van der Waals surface area contributed by atoms with Gasteiger partial charge in [0.1, 0.15) is 24.5 Å². The van der Waals surface area contributed by atoms with Gasteiger partial charge in [0.05, 0.1) is 12.5 Å². The van der Waals surface area contributed by atoms with Crippen LogP contribution in [0.5, 0.6) is 5.75 Å². The molecule has 0 unspecified atom stereocenters. The molecule has 1 saturated carbocycles. The van der Waals surface area contributed by atoms with E-state index in [9.17, 15) is 27.6 Å². The molecule has 42 heavy (non-hydrogen) atoms. The first-order chi connectivity index (χ1) is 19.7. The molecule has 2 aliphatic rings. The number of alkyl halides is 3. The highest BCUT2D eigenvalue weighted by molar-refractivity contribution is 5.98. The Morgan fingerprint density at radius 1 is 1.12 bits per heavy atom. The minimum Gasteiger partial charge on any atom is -0.489 e. The van der Waals surface area contributed by atoms with Gasteiger partial charge in [-0.1, -0.05) is 19.3 Å². The predicted octanol–water partition coefficient (Wildman–Crippen LogP) is 5.59. The van der Waals surface area contributed by atoms with Crippen LogP contribution in [0.15, 0.2) is 24.4 Å². The van der Waals surface area contributed by atoms with Crippen molar-refractivity contribution in [1.29, 1.82) is 0 Å². The number of ether oxygens (including phenoxy) is 2. The number of hydrogen-bond acceptors (Lipinski definition) is 6. The summed E-state index contributed by atoms with van der Waals surface area (Å²) in [6.45, 7) is 4.47. The van der Waals surface area contributed by atoms with E-state index in [0.29, 0.717) is 24.4 Å². The lowest BCUT2D eigenvalue weighted by Crippen LogP contribution is -2.45. The fraction of sp³-hybridized carbons (Fsp3) is 0.586. The van der Waals surface area contributed by atoms with E-state index in [4.69, 9.17) is 14.6 Å². The molecule has 0 saturated heterocycles. The van der Waals surface area contributed by atoms with Crippen LogP contribution in [0.1, 0.15) is 82.2 Å². The van der Waals surface area contributed by atoms with E-state index in [1.165, 1.54) is 15.8 Å². The van der Waals surface area contributed by atoms with Crippen molar-refractivity contribution < 1.29 is 42.1 Å². The van der Waals surface area contributed by atoms with Crippen LogP contribution >= 0.6 is 0 Å². The number of carbonyl (C=O) groups excluding carboxylic acids is 2. The molecule has 1 aromatic heterocycles. The smallest absolute Gasteiger partial charge is 0.435 e. The summed E-state index contributed by atoms with van der Waals surface area (Å²) >= 11 is 0. The highest BCUT2D eigenvalue weighted by Crippen LogP contribution is 2.36. The fourth-order valence-electron chi connectivity index (χ4n) is 5.24.